The number of primary amides is 1. The Bertz CT molecular complexity index is 1180. The van der Waals surface area contributed by atoms with E-state index in [1.807, 2.05) is 13.8 Å². The lowest BCUT2D eigenvalue weighted by atomic mass is 9.82. The van der Waals surface area contributed by atoms with E-state index in [0.29, 0.717) is 30.7 Å². The number of ether oxygens (including phenoxy) is 2. The van der Waals surface area contributed by atoms with Gasteiger partial charge in [0.25, 0.3) is 0 Å². The molecule has 0 aliphatic carbocycles. The van der Waals surface area contributed by atoms with Crippen LogP contribution in [-0.4, -0.2) is 68.8 Å². The van der Waals surface area contributed by atoms with Crippen molar-refractivity contribution < 1.29 is 33.4 Å². The van der Waals surface area contributed by atoms with Crippen LogP contribution in [0.25, 0.3) is 0 Å². The zero-order valence-electron chi connectivity index (χ0n) is 30.9. The Labute approximate surface area is 294 Å². The minimum atomic E-state index is -0.960. The van der Waals surface area contributed by atoms with Gasteiger partial charge in [-0.15, -0.1) is 0 Å². The fourth-order valence-corrected chi connectivity index (χ4v) is 5.27. The maximum absolute atomic E-state index is 13.4. The zero-order chi connectivity index (χ0) is 37.2. The van der Waals surface area contributed by atoms with E-state index >= 15 is 0 Å². The lowest BCUT2D eigenvalue weighted by Crippen LogP contribution is -2.54. The highest BCUT2D eigenvalue weighted by Gasteiger charge is 2.29. The fourth-order valence-electron chi connectivity index (χ4n) is 5.27. The molecule has 13 heteroatoms. The molecule has 0 aliphatic rings. The number of amides is 5. The number of carbonyl (C=O) groups excluding carboxylic acids is 5. The van der Waals surface area contributed by atoms with Crippen molar-refractivity contribution in [1.29, 1.82) is 0 Å². The van der Waals surface area contributed by atoms with Crippen LogP contribution in [-0.2, 0) is 30.5 Å². The Balaban J connectivity index is 2.73. The maximum Gasteiger partial charge on any atom is 0.312 e. The van der Waals surface area contributed by atoms with Gasteiger partial charge < -0.3 is 36.5 Å². The van der Waals surface area contributed by atoms with E-state index in [4.69, 9.17) is 23.1 Å². The molecule has 0 unspecified atom stereocenters. The van der Waals surface area contributed by atoms with Crippen LogP contribution in [0.5, 0.6) is 0 Å². The van der Waals surface area contributed by atoms with Crippen molar-refractivity contribution in [1.82, 2.24) is 16.0 Å². The zero-order valence-corrected chi connectivity index (χ0v) is 30.9. The fraction of sp³-hybridized carbons (Fsp3) is 0.694. The summed E-state index contributed by atoms with van der Waals surface area (Å²) in [6, 6.07) is 4.09. The van der Waals surface area contributed by atoms with Crippen molar-refractivity contribution in [3.63, 3.8) is 0 Å². The van der Waals surface area contributed by atoms with E-state index in [1.165, 1.54) is 0 Å². The van der Waals surface area contributed by atoms with Gasteiger partial charge in [-0.1, -0.05) is 73.9 Å². The predicted molar refractivity (Wildman–Crippen MR) is 193 cm³/mol. The first-order chi connectivity index (χ1) is 22.8. The number of anilines is 1. The molecule has 274 valence electrons. The van der Waals surface area contributed by atoms with Gasteiger partial charge in [0.1, 0.15) is 18.7 Å². The molecule has 49 heavy (non-hydrogen) atoms. The summed E-state index contributed by atoms with van der Waals surface area (Å²) in [7, 11) is 5.01. The van der Waals surface area contributed by atoms with Crippen LogP contribution >= 0.6 is 0 Å². The molecule has 2 radical (unpaired) electrons. The second kappa shape index (κ2) is 21.5. The van der Waals surface area contributed by atoms with Crippen molar-refractivity contribution in [2.75, 3.05) is 18.5 Å². The first-order valence-electron chi connectivity index (χ1n) is 17.3. The van der Waals surface area contributed by atoms with Gasteiger partial charge in [0.2, 0.25) is 31.4 Å². The van der Waals surface area contributed by atoms with Crippen LogP contribution in [0.2, 0.25) is 0 Å². The third kappa shape index (κ3) is 21.2. The third-order valence-electron chi connectivity index (χ3n) is 7.55. The van der Waals surface area contributed by atoms with Crippen LogP contribution in [0.15, 0.2) is 24.3 Å². The van der Waals surface area contributed by atoms with Crippen LogP contribution in [0, 0.1) is 16.7 Å². The number of nitrogens with one attached hydrogen (secondary N) is 4. The number of hydrogen-bond acceptors (Lipinski definition) is 7. The Kier molecular flexibility index (Phi) is 19.0. The molecule has 0 bridgehead atoms. The lowest BCUT2D eigenvalue weighted by Gasteiger charge is -2.31. The SMILES string of the molecule is [B]C(=O)OCc1ccc(NC(=O)[C@H](CCCNC(N)=O)NC(=O)[C@@H](NC(=O)CCCCCOC(CC(C)(C)C)CC(C)(C)C)C(C)C)cc1. The van der Waals surface area contributed by atoms with Crippen LogP contribution in [0.1, 0.15) is 112 Å². The van der Waals surface area contributed by atoms with Crippen LogP contribution in [0.4, 0.5) is 15.3 Å². The van der Waals surface area contributed by atoms with E-state index in [2.05, 4.69) is 62.8 Å². The van der Waals surface area contributed by atoms with Gasteiger partial charge in [0.15, 0.2) is 0 Å². The summed E-state index contributed by atoms with van der Waals surface area (Å²) in [6.07, 6.45) is 5.33. The van der Waals surface area contributed by atoms with Crippen LogP contribution in [0.3, 0.4) is 0 Å². The summed E-state index contributed by atoms with van der Waals surface area (Å²) in [5, 5.41) is 10.9. The number of hydrogen-bond donors (Lipinski definition) is 5. The number of carbonyl (C=O) groups is 5. The average molecular weight is 686 g/mol. The summed E-state index contributed by atoms with van der Waals surface area (Å²) in [4.78, 5) is 61.5. The molecule has 1 aromatic rings. The van der Waals surface area contributed by atoms with Crippen molar-refractivity contribution in [2.45, 2.75) is 132 Å². The molecular weight excluding hydrogens is 625 g/mol. The van der Waals surface area contributed by atoms with E-state index in [9.17, 15) is 24.0 Å². The summed E-state index contributed by atoms with van der Waals surface area (Å²) >= 11 is 0. The summed E-state index contributed by atoms with van der Waals surface area (Å²) in [5.41, 5.74) is 6.64. The molecule has 0 aromatic heterocycles. The van der Waals surface area contributed by atoms with Crippen molar-refractivity contribution in [3.8, 4) is 0 Å². The molecule has 0 heterocycles. The van der Waals surface area contributed by atoms with Gasteiger partial charge in [-0.05, 0) is 73.0 Å². The largest absolute Gasteiger partial charge is 0.470 e. The van der Waals surface area contributed by atoms with Gasteiger partial charge >= 0.3 is 6.03 Å². The van der Waals surface area contributed by atoms with Gasteiger partial charge in [-0.25, -0.2) is 4.79 Å². The normalized spacial score (nSPS) is 13.0. The molecule has 0 aliphatic heterocycles. The van der Waals surface area contributed by atoms with E-state index in [0.717, 1.165) is 25.7 Å². The first kappa shape index (κ1) is 43.4. The van der Waals surface area contributed by atoms with Crippen molar-refractivity contribution in [2.24, 2.45) is 22.5 Å². The minimum Gasteiger partial charge on any atom is -0.470 e. The number of rotatable bonds is 21. The van der Waals surface area contributed by atoms with E-state index < -0.39 is 35.8 Å². The smallest absolute Gasteiger partial charge is 0.312 e. The lowest BCUT2D eigenvalue weighted by molar-refractivity contribution is -0.132. The maximum atomic E-state index is 13.4. The number of nitrogens with two attached hydrogens (primary N) is 1. The van der Waals surface area contributed by atoms with Gasteiger partial charge in [0.05, 0.1) is 6.10 Å². The molecule has 1 rings (SSSR count). The summed E-state index contributed by atoms with van der Waals surface area (Å²) < 4.78 is 11.0. The van der Waals surface area contributed by atoms with Gasteiger partial charge in [0, 0.05) is 25.3 Å². The molecule has 6 N–H and O–H groups in total. The van der Waals surface area contributed by atoms with E-state index in [-0.39, 0.29) is 54.8 Å². The van der Waals surface area contributed by atoms with Crippen molar-refractivity contribution in [3.05, 3.63) is 29.8 Å². The molecule has 2 atom stereocenters. The molecule has 12 nitrogen and oxygen atoms in total. The summed E-state index contributed by atoms with van der Waals surface area (Å²) in [5.74, 6) is -2.33. The Hall–Kier alpha value is -3.61. The number of urea groups is 1. The highest BCUT2D eigenvalue weighted by Crippen LogP contribution is 2.30. The molecule has 0 spiro atoms. The molecule has 0 saturated heterocycles. The first-order valence-corrected chi connectivity index (χ1v) is 17.3. The second-order valence-electron chi connectivity index (χ2n) is 15.4. The molecule has 1 aromatic carbocycles. The quantitative estimate of drug-likeness (QED) is 0.0859. The van der Waals surface area contributed by atoms with Crippen molar-refractivity contribution >= 4 is 43.2 Å². The molecular formula is C36H60BN5O7. The Morgan fingerprint density at radius 2 is 1.45 bits per heavy atom. The topological polar surface area (TPSA) is 178 Å². The predicted octanol–water partition coefficient (Wildman–Crippen LogP) is 5.32. The standard InChI is InChI=1S/C36H60BN5O7/c1-24(2)30(42-29(43)14-10-9-11-20-48-27(21-35(3,4)5)22-36(6,7)8)32(45)41-28(13-12-19-39-34(38)47)31(44)40-26-17-15-25(16-18-26)23-49-33(37)46/h15-18,24,27-28,30H,9-14,19-23H2,1-8H3,(H,40,44)(H,41,45)(H,42,43)(H3,38,39,47)/t28-,30-/m0/s1. The highest BCUT2D eigenvalue weighted by molar-refractivity contribution is 6.55. The molecule has 0 saturated carbocycles. The second-order valence-corrected chi connectivity index (χ2v) is 15.4. The summed E-state index contributed by atoms with van der Waals surface area (Å²) in [6.45, 7) is 17.8. The Morgan fingerprint density at radius 1 is 0.837 bits per heavy atom. The number of benzene rings is 1. The van der Waals surface area contributed by atoms with Gasteiger partial charge in [-0.3, -0.25) is 19.2 Å². The monoisotopic (exact) mass is 685 g/mol. The average Bonchev–Trinajstić information content (AvgIpc) is 2.96. The third-order valence-corrected chi connectivity index (χ3v) is 7.55. The highest BCUT2D eigenvalue weighted by atomic mass is 16.5. The van der Waals surface area contributed by atoms with E-state index in [1.54, 1.807) is 24.3 Å². The molecule has 0 fully saturated rings. The van der Waals surface area contributed by atoms with Gasteiger partial charge in [-0.2, -0.15) is 0 Å². The molecule has 5 amide bonds. The number of unbranched alkanes of at least 4 members (excludes halogenated alkanes) is 2. The van der Waals surface area contributed by atoms with Crippen LogP contribution < -0.4 is 27.0 Å². The minimum absolute atomic E-state index is 0.0123. The Morgan fingerprint density at radius 3 is 1.98 bits per heavy atom.